The number of halogens is 1. The van der Waals surface area contributed by atoms with Gasteiger partial charge in [-0.25, -0.2) is 9.38 Å². The zero-order chi connectivity index (χ0) is 13.8. The zero-order valence-electron chi connectivity index (χ0n) is 11.2. The highest BCUT2D eigenvalue weighted by Gasteiger charge is 2.09. The molecule has 0 amide bonds. The summed E-state index contributed by atoms with van der Waals surface area (Å²) in [5.41, 5.74) is 6.32. The van der Waals surface area contributed by atoms with Crippen LogP contribution in [0.5, 0.6) is 5.75 Å². The molecule has 0 fully saturated rings. The lowest BCUT2D eigenvalue weighted by atomic mass is 10.1. The van der Waals surface area contributed by atoms with Gasteiger partial charge in [-0.05, 0) is 38.5 Å². The van der Waals surface area contributed by atoms with Crippen molar-refractivity contribution in [3.63, 3.8) is 0 Å². The van der Waals surface area contributed by atoms with Crippen molar-refractivity contribution in [1.82, 2.24) is 5.32 Å². The Bertz CT molecular complexity index is 438. The summed E-state index contributed by atoms with van der Waals surface area (Å²) in [4.78, 5) is 4.15. The Kier molecular flexibility index (Phi) is 4.53. The van der Waals surface area contributed by atoms with Crippen molar-refractivity contribution in [2.45, 2.75) is 32.9 Å². The van der Waals surface area contributed by atoms with E-state index in [4.69, 9.17) is 10.5 Å². The molecule has 3 N–H and O–H groups in total. The number of benzene rings is 1. The summed E-state index contributed by atoms with van der Waals surface area (Å²) in [6.45, 7) is 6.29. The molecule has 1 aromatic rings. The first-order chi connectivity index (χ1) is 8.31. The maximum Gasteiger partial charge on any atom is 0.189 e. The summed E-state index contributed by atoms with van der Waals surface area (Å²) in [6, 6.07) is 4.73. The normalized spacial score (nSPS) is 12.4. The van der Waals surface area contributed by atoms with Crippen LogP contribution < -0.4 is 15.8 Å². The van der Waals surface area contributed by atoms with E-state index in [-0.39, 0.29) is 11.3 Å². The summed E-state index contributed by atoms with van der Waals surface area (Å²) in [5, 5.41) is 3.04. The van der Waals surface area contributed by atoms with E-state index in [1.54, 1.807) is 12.1 Å². The van der Waals surface area contributed by atoms with Crippen LogP contribution in [0.2, 0.25) is 0 Å². The molecular formula is C13H20FN3O. The summed E-state index contributed by atoms with van der Waals surface area (Å²) in [7, 11) is 1.43. The monoisotopic (exact) mass is 253 g/mol. The average molecular weight is 253 g/mol. The molecule has 4 nitrogen and oxygen atoms in total. The molecular weight excluding hydrogens is 233 g/mol. The van der Waals surface area contributed by atoms with Crippen LogP contribution in [-0.2, 0) is 6.54 Å². The van der Waals surface area contributed by atoms with Gasteiger partial charge in [-0.3, -0.25) is 0 Å². The van der Waals surface area contributed by atoms with Gasteiger partial charge in [-0.1, -0.05) is 6.07 Å². The average Bonchev–Trinajstić information content (AvgIpc) is 2.24. The third-order valence-electron chi connectivity index (χ3n) is 2.15. The first kappa shape index (κ1) is 14.3. The predicted molar refractivity (Wildman–Crippen MR) is 71.2 cm³/mol. The number of rotatable bonds is 3. The van der Waals surface area contributed by atoms with Crippen LogP contribution in [0.4, 0.5) is 4.39 Å². The Morgan fingerprint density at radius 3 is 2.61 bits per heavy atom. The van der Waals surface area contributed by atoms with E-state index in [0.29, 0.717) is 12.5 Å². The first-order valence-corrected chi connectivity index (χ1v) is 5.72. The van der Waals surface area contributed by atoms with Gasteiger partial charge >= 0.3 is 0 Å². The van der Waals surface area contributed by atoms with Crippen LogP contribution in [-0.4, -0.2) is 18.6 Å². The van der Waals surface area contributed by atoms with Crippen LogP contribution >= 0.6 is 0 Å². The maximum atomic E-state index is 13.4. The van der Waals surface area contributed by atoms with E-state index < -0.39 is 5.82 Å². The zero-order valence-corrected chi connectivity index (χ0v) is 11.2. The maximum absolute atomic E-state index is 13.4. The second-order valence-corrected chi connectivity index (χ2v) is 5.05. The number of guanidine groups is 1. The highest BCUT2D eigenvalue weighted by Crippen LogP contribution is 2.17. The third kappa shape index (κ3) is 4.61. The minimum atomic E-state index is -0.396. The smallest absolute Gasteiger partial charge is 0.189 e. The fourth-order valence-corrected chi connectivity index (χ4v) is 1.41. The van der Waals surface area contributed by atoms with Crippen LogP contribution in [0, 0.1) is 5.82 Å². The molecule has 0 aliphatic heterocycles. The summed E-state index contributed by atoms with van der Waals surface area (Å²) < 4.78 is 18.3. The Morgan fingerprint density at radius 1 is 1.44 bits per heavy atom. The minimum absolute atomic E-state index is 0.140. The molecule has 0 spiro atoms. The van der Waals surface area contributed by atoms with Crippen LogP contribution in [0.1, 0.15) is 26.3 Å². The van der Waals surface area contributed by atoms with Gasteiger partial charge in [0, 0.05) is 5.54 Å². The van der Waals surface area contributed by atoms with Crippen molar-refractivity contribution in [2.24, 2.45) is 10.7 Å². The standard InChI is InChI=1S/C13H20FN3O/c1-13(2,3)17-12(15)16-8-9-5-6-11(18-4)10(14)7-9/h5-7H,8H2,1-4H3,(H3,15,16,17). The molecule has 0 atom stereocenters. The lowest BCUT2D eigenvalue weighted by molar-refractivity contribution is 0.386. The summed E-state index contributed by atoms with van der Waals surface area (Å²) >= 11 is 0. The van der Waals surface area contributed by atoms with Gasteiger partial charge in [0.25, 0.3) is 0 Å². The van der Waals surface area contributed by atoms with E-state index in [9.17, 15) is 4.39 Å². The van der Waals surface area contributed by atoms with Gasteiger partial charge in [-0.15, -0.1) is 0 Å². The topological polar surface area (TPSA) is 59.6 Å². The van der Waals surface area contributed by atoms with Crippen molar-refractivity contribution in [1.29, 1.82) is 0 Å². The molecule has 1 aromatic carbocycles. The number of nitrogens with one attached hydrogen (secondary N) is 1. The number of nitrogens with two attached hydrogens (primary N) is 1. The Labute approximate surface area is 107 Å². The van der Waals surface area contributed by atoms with Crippen molar-refractivity contribution < 1.29 is 9.13 Å². The molecule has 0 bridgehead atoms. The first-order valence-electron chi connectivity index (χ1n) is 5.72. The van der Waals surface area contributed by atoms with Crippen molar-refractivity contribution in [3.8, 4) is 5.75 Å². The molecule has 0 heterocycles. The van der Waals surface area contributed by atoms with E-state index in [1.165, 1.54) is 13.2 Å². The molecule has 18 heavy (non-hydrogen) atoms. The molecule has 1 rings (SSSR count). The van der Waals surface area contributed by atoms with Gasteiger partial charge in [0.2, 0.25) is 0 Å². The number of nitrogens with zero attached hydrogens (tertiary/aromatic N) is 1. The van der Waals surface area contributed by atoms with Crippen molar-refractivity contribution in [2.75, 3.05) is 7.11 Å². The lowest BCUT2D eigenvalue weighted by Gasteiger charge is -2.21. The fourth-order valence-electron chi connectivity index (χ4n) is 1.41. The van der Waals surface area contributed by atoms with E-state index in [2.05, 4.69) is 10.3 Å². The Balaban J connectivity index is 2.68. The van der Waals surface area contributed by atoms with Gasteiger partial charge in [-0.2, -0.15) is 0 Å². The second-order valence-electron chi connectivity index (χ2n) is 5.05. The van der Waals surface area contributed by atoms with Gasteiger partial charge in [0.1, 0.15) is 0 Å². The van der Waals surface area contributed by atoms with Crippen molar-refractivity contribution >= 4 is 5.96 Å². The summed E-state index contributed by atoms with van der Waals surface area (Å²) in [6.07, 6.45) is 0. The van der Waals surface area contributed by atoms with Crippen molar-refractivity contribution in [3.05, 3.63) is 29.6 Å². The van der Waals surface area contributed by atoms with Gasteiger partial charge < -0.3 is 15.8 Å². The van der Waals surface area contributed by atoms with E-state index in [0.717, 1.165) is 5.56 Å². The minimum Gasteiger partial charge on any atom is -0.494 e. The molecule has 0 saturated carbocycles. The van der Waals surface area contributed by atoms with Gasteiger partial charge in [0.15, 0.2) is 17.5 Å². The van der Waals surface area contributed by atoms with Crippen LogP contribution in [0.25, 0.3) is 0 Å². The lowest BCUT2D eigenvalue weighted by Crippen LogP contribution is -2.44. The van der Waals surface area contributed by atoms with Crippen LogP contribution in [0.3, 0.4) is 0 Å². The van der Waals surface area contributed by atoms with E-state index in [1.807, 2.05) is 20.8 Å². The van der Waals surface area contributed by atoms with Crippen LogP contribution in [0.15, 0.2) is 23.2 Å². The fraction of sp³-hybridized carbons (Fsp3) is 0.462. The number of aliphatic imine (C=N–C) groups is 1. The molecule has 0 radical (unpaired) electrons. The number of ether oxygens (including phenoxy) is 1. The molecule has 100 valence electrons. The molecule has 0 aliphatic carbocycles. The highest BCUT2D eigenvalue weighted by molar-refractivity contribution is 5.78. The molecule has 0 saturated heterocycles. The summed E-state index contributed by atoms with van der Waals surface area (Å²) in [5.74, 6) is 0.176. The molecule has 0 unspecified atom stereocenters. The Hall–Kier alpha value is -1.78. The molecule has 5 heteroatoms. The number of hydrogen-bond acceptors (Lipinski definition) is 2. The third-order valence-corrected chi connectivity index (χ3v) is 2.15. The number of hydrogen-bond donors (Lipinski definition) is 2. The SMILES string of the molecule is COc1ccc(CN=C(N)NC(C)(C)C)cc1F. The Morgan fingerprint density at radius 2 is 2.11 bits per heavy atom. The largest absolute Gasteiger partial charge is 0.494 e. The second kappa shape index (κ2) is 5.71. The molecule has 0 aliphatic rings. The highest BCUT2D eigenvalue weighted by atomic mass is 19.1. The number of methoxy groups -OCH3 is 1. The predicted octanol–water partition coefficient (Wildman–Crippen LogP) is 2.04. The molecule has 0 aromatic heterocycles. The van der Waals surface area contributed by atoms with E-state index >= 15 is 0 Å². The quantitative estimate of drug-likeness (QED) is 0.640. The van der Waals surface area contributed by atoms with Gasteiger partial charge in [0.05, 0.1) is 13.7 Å².